The summed E-state index contributed by atoms with van der Waals surface area (Å²) < 4.78 is 5.77. The molecule has 0 saturated carbocycles. The van der Waals surface area contributed by atoms with Gasteiger partial charge in [0, 0.05) is 13.3 Å². The molecule has 6 heteroatoms. The van der Waals surface area contributed by atoms with Crippen LogP contribution in [0, 0.1) is 0 Å². The van der Waals surface area contributed by atoms with Crippen LogP contribution in [0.3, 0.4) is 0 Å². The van der Waals surface area contributed by atoms with Crippen molar-refractivity contribution in [2.45, 2.75) is 20.0 Å². The molecule has 19 heavy (non-hydrogen) atoms. The maximum Gasteiger partial charge on any atom is 0.180 e. The molecule has 0 bridgehead atoms. The van der Waals surface area contributed by atoms with Crippen molar-refractivity contribution in [3.8, 4) is 11.5 Å². The summed E-state index contributed by atoms with van der Waals surface area (Å²) in [5.41, 5.74) is 2.56. The Morgan fingerprint density at radius 1 is 1.37 bits per heavy atom. The Morgan fingerprint density at radius 3 is 2.84 bits per heavy atom. The van der Waals surface area contributed by atoms with Crippen LogP contribution in [0.15, 0.2) is 22.8 Å². The fourth-order valence-corrected chi connectivity index (χ4v) is 2.21. The van der Waals surface area contributed by atoms with Gasteiger partial charge in [-0.05, 0) is 34.0 Å². The SMILES string of the molecule is CCc1cccnc1-c1nc(Cl)c(Br)c(COC)n1. The number of ether oxygens (including phenoxy) is 1. The first-order chi connectivity index (χ1) is 9.17. The second-order valence-corrected chi connectivity index (χ2v) is 5.05. The monoisotopic (exact) mass is 341 g/mol. The summed E-state index contributed by atoms with van der Waals surface area (Å²) in [6.07, 6.45) is 2.59. The molecule has 0 aliphatic rings. The molecule has 0 N–H and O–H groups in total. The van der Waals surface area contributed by atoms with Gasteiger partial charge in [-0.15, -0.1) is 0 Å². The normalized spacial score (nSPS) is 10.7. The highest BCUT2D eigenvalue weighted by molar-refractivity contribution is 9.10. The molecule has 0 radical (unpaired) electrons. The molecule has 0 atom stereocenters. The standard InChI is InChI=1S/C13H13BrClN3O/c1-3-8-5-4-6-16-11(8)13-17-9(7-19-2)10(14)12(15)18-13/h4-6H,3,7H2,1-2H3. The first kappa shape index (κ1) is 14.4. The maximum absolute atomic E-state index is 6.12. The van der Waals surface area contributed by atoms with E-state index in [1.807, 2.05) is 12.1 Å². The number of hydrogen-bond acceptors (Lipinski definition) is 4. The van der Waals surface area contributed by atoms with E-state index >= 15 is 0 Å². The van der Waals surface area contributed by atoms with E-state index in [2.05, 4.69) is 37.8 Å². The number of aromatic nitrogens is 3. The molecule has 0 aromatic carbocycles. The van der Waals surface area contributed by atoms with E-state index in [4.69, 9.17) is 16.3 Å². The van der Waals surface area contributed by atoms with Crippen molar-refractivity contribution in [2.24, 2.45) is 0 Å². The first-order valence-electron chi connectivity index (χ1n) is 5.82. The van der Waals surface area contributed by atoms with Crippen molar-refractivity contribution in [1.29, 1.82) is 0 Å². The molecule has 0 unspecified atom stereocenters. The quantitative estimate of drug-likeness (QED) is 0.796. The third-order valence-corrected chi connectivity index (χ3v) is 3.98. The maximum atomic E-state index is 6.12. The Hall–Kier alpha value is -1.04. The molecule has 0 amide bonds. The highest BCUT2D eigenvalue weighted by Crippen LogP contribution is 2.28. The van der Waals surface area contributed by atoms with Gasteiger partial charge in [0.15, 0.2) is 5.82 Å². The molecule has 0 aliphatic heterocycles. The first-order valence-corrected chi connectivity index (χ1v) is 6.99. The number of rotatable bonds is 4. The van der Waals surface area contributed by atoms with Gasteiger partial charge in [0.2, 0.25) is 0 Å². The summed E-state index contributed by atoms with van der Waals surface area (Å²) >= 11 is 9.48. The topological polar surface area (TPSA) is 47.9 Å². The van der Waals surface area contributed by atoms with Gasteiger partial charge in [-0.3, -0.25) is 4.98 Å². The molecular weight excluding hydrogens is 330 g/mol. The van der Waals surface area contributed by atoms with E-state index in [1.165, 1.54) is 0 Å². The fraction of sp³-hybridized carbons (Fsp3) is 0.308. The lowest BCUT2D eigenvalue weighted by Gasteiger charge is -2.09. The number of nitrogens with zero attached hydrogens (tertiary/aromatic N) is 3. The number of methoxy groups -OCH3 is 1. The second-order valence-electron chi connectivity index (χ2n) is 3.90. The molecule has 2 aromatic rings. The zero-order valence-corrected chi connectivity index (χ0v) is 13.0. The van der Waals surface area contributed by atoms with E-state index in [0.29, 0.717) is 27.8 Å². The van der Waals surface area contributed by atoms with Crippen LogP contribution in [0.1, 0.15) is 18.2 Å². The van der Waals surface area contributed by atoms with E-state index < -0.39 is 0 Å². The van der Waals surface area contributed by atoms with E-state index in [1.54, 1.807) is 13.3 Å². The number of hydrogen-bond donors (Lipinski definition) is 0. The highest BCUT2D eigenvalue weighted by atomic mass is 79.9. The third kappa shape index (κ3) is 3.11. The fourth-order valence-electron chi connectivity index (χ4n) is 1.73. The minimum atomic E-state index is 0.365. The zero-order valence-electron chi connectivity index (χ0n) is 10.7. The van der Waals surface area contributed by atoms with Crippen molar-refractivity contribution < 1.29 is 4.74 Å². The second kappa shape index (κ2) is 6.41. The van der Waals surface area contributed by atoms with Gasteiger partial charge in [-0.2, -0.15) is 0 Å². The van der Waals surface area contributed by atoms with Crippen molar-refractivity contribution in [1.82, 2.24) is 15.0 Å². The van der Waals surface area contributed by atoms with E-state index in [-0.39, 0.29) is 0 Å². The lowest BCUT2D eigenvalue weighted by atomic mass is 10.1. The van der Waals surface area contributed by atoms with Crippen LogP contribution < -0.4 is 0 Å². The minimum Gasteiger partial charge on any atom is -0.378 e. The molecule has 0 aliphatic carbocycles. The molecular formula is C13H13BrClN3O. The number of aryl methyl sites for hydroxylation is 1. The van der Waals surface area contributed by atoms with Gasteiger partial charge in [0.1, 0.15) is 10.8 Å². The lowest BCUT2D eigenvalue weighted by molar-refractivity contribution is 0.181. The van der Waals surface area contributed by atoms with Crippen LogP contribution in [-0.4, -0.2) is 22.1 Å². The van der Waals surface area contributed by atoms with Gasteiger partial charge in [0.25, 0.3) is 0 Å². The number of halogens is 2. The summed E-state index contributed by atoms with van der Waals surface area (Å²) in [5, 5.41) is 0.366. The van der Waals surface area contributed by atoms with Gasteiger partial charge in [-0.1, -0.05) is 24.6 Å². The van der Waals surface area contributed by atoms with Crippen LogP contribution >= 0.6 is 27.5 Å². The molecule has 2 rings (SSSR count). The van der Waals surface area contributed by atoms with Crippen molar-refractivity contribution >= 4 is 27.5 Å². The van der Waals surface area contributed by atoms with E-state index in [0.717, 1.165) is 17.7 Å². The minimum absolute atomic E-state index is 0.365. The Kier molecular flexibility index (Phi) is 4.85. The molecule has 0 fully saturated rings. The largest absolute Gasteiger partial charge is 0.378 e. The molecule has 0 spiro atoms. The Labute approximate surface area is 125 Å². The van der Waals surface area contributed by atoms with Crippen LogP contribution in [0.25, 0.3) is 11.5 Å². The van der Waals surface area contributed by atoms with Gasteiger partial charge >= 0.3 is 0 Å². The van der Waals surface area contributed by atoms with Crippen molar-refractivity contribution in [2.75, 3.05) is 7.11 Å². The average Bonchev–Trinajstić information content (AvgIpc) is 2.43. The van der Waals surface area contributed by atoms with Crippen LogP contribution in [-0.2, 0) is 17.8 Å². The third-order valence-electron chi connectivity index (χ3n) is 2.64. The lowest BCUT2D eigenvalue weighted by Crippen LogP contribution is -2.02. The highest BCUT2D eigenvalue weighted by Gasteiger charge is 2.14. The average molecular weight is 343 g/mol. The summed E-state index contributed by atoms with van der Waals surface area (Å²) in [6, 6.07) is 3.91. The Morgan fingerprint density at radius 2 is 2.16 bits per heavy atom. The summed E-state index contributed by atoms with van der Waals surface area (Å²) in [6.45, 7) is 2.43. The van der Waals surface area contributed by atoms with Gasteiger partial charge in [0.05, 0.1) is 16.8 Å². The van der Waals surface area contributed by atoms with Crippen LogP contribution in [0.5, 0.6) is 0 Å². The Balaban J connectivity index is 2.56. The predicted molar refractivity (Wildman–Crippen MR) is 78.1 cm³/mol. The van der Waals surface area contributed by atoms with Crippen LogP contribution in [0.2, 0.25) is 5.15 Å². The van der Waals surface area contributed by atoms with Gasteiger partial charge in [-0.25, -0.2) is 9.97 Å². The molecule has 4 nitrogen and oxygen atoms in total. The van der Waals surface area contributed by atoms with Gasteiger partial charge < -0.3 is 4.74 Å². The van der Waals surface area contributed by atoms with Crippen molar-refractivity contribution in [3.05, 3.63) is 39.2 Å². The van der Waals surface area contributed by atoms with Crippen LogP contribution in [0.4, 0.5) is 0 Å². The molecule has 2 aromatic heterocycles. The summed E-state index contributed by atoms with van der Waals surface area (Å²) in [7, 11) is 1.61. The van der Waals surface area contributed by atoms with Crippen molar-refractivity contribution in [3.63, 3.8) is 0 Å². The number of pyridine rings is 1. The Bertz CT molecular complexity index is 592. The van der Waals surface area contributed by atoms with E-state index in [9.17, 15) is 0 Å². The molecule has 0 saturated heterocycles. The summed E-state index contributed by atoms with van der Waals surface area (Å²) in [5.74, 6) is 0.526. The molecule has 100 valence electrons. The predicted octanol–water partition coefficient (Wildman–Crippen LogP) is 3.66. The molecule has 2 heterocycles. The zero-order chi connectivity index (χ0) is 13.8. The smallest absolute Gasteiger partial charge is 0.180 e. The summed E-state index contributed by atoms with van der Waals surface area (Å²) in [4.78, 5) is 13.1.